The van der Waals surface area contributed by atoms with Gasteiger partial charge in [0, 0.05) is 24.3 Å². The van der Waals surface area contributed by atoms with Gasteiger partial charge in [-0.3, -0.25) is 4.79 Å². The Balaban J connectivity index is 2.33. The van der Waals surface area contributed by atoms with Crippen LogP contribution in [-0.2, 0) is 4.79 Å². The lowest BCUT2D eigenvalue weighted by molar-refractivity contribution is -0.121. The van der Waals surface area contributed by atoms with Crippen LogP contribution in [0.4, 0.5) is 0 Å². The van der Waals surface area contributed by atoms with E-state index in [0.29, 0.717) is 12.8 Å². The fraction of sp³-hybridized carbons (Fsp3) is 0.533. The quantitative estimate of drug-likeness (QED) is 0.770. The Morgan fingerprint density at radius 3 is 2.63 bits per heavy atom. The Kier molecular flexibility index (Phi) is 7.60. The number of amides is 1. The number of hydrogen-bond donors (Lipinski definition) is 2. The van der Waals surface area contributed by atoms with Gasteiger partial charge in [0.15, 0.2) is 0 Å². The SMILES string of the molecule is CCC(CSC)NC(=O)CCC(N)c1ccccc1. The van der Waals surface area contributed by atoms with Crippen molar-refractivity contribution in [2.45, 2.75) is 38.3 Å². The molecule has 0 bridgehead atoms. The molecular formula is C15H24N2OS. The van der Waals surface area contributed by atoms with Crippen LogP contribution in [0, 0.1) is 0 Å². The van der Waals surface area contributed by atoms with Gasteiger partial charge in [0.25, 0.3) is 0 Å². The summed E-state index contributed by atoms with van der Waals surface area (Å²) in [5.41, 5.74) is 7.17. The van der Waals surface area contributed by atoms with Gasteiger partial charge in [-0.1, -0.05) is 37.3 Å². The molecule has 0 spiro atoms. The summed E-state index contributed by atoms with van der Waals surface area (Å²) in [6.45, 7) is 2.09. The first-order valence-electron chi connectivity index (χ1n) is 6.76. The number of rotatable bonds is 8. The molecule has 3 nitrogen and oxygen atoms in total. The number of nitrogens with one attached hydrogen (secondary N) is 1. The molecular weight excluding hydrogens is 256 g/mol. The van der Waals surface area contributed by atoms with Crippen molar-refractivity contribution in [3.05, 3.63) is 35.9 Å². The normalized spacial score (nSPS) is 13.8. The van der Waals surface area contributed by atoms with Crippen LogP contribution in [0.15, 0.2) is 30.3 Å². The van der Waals surface area contributed by atoms with Crippen LogP contribution in [0.1, 0.15) is 37.8 Å². The largest absolute Gasteiger partial charge is 0.353 e. The fourth-order valence-electron chi connectivity index (χ4n) is 1.92. The van der Waals surface area contributed by atoms with E-state index < -0.39 is 0 Å². The summed E-state index contributed by atoms with van der Waals surface area (Å²) in [5, 5.41) is 3.06. The topological polar surface area (TPSA) is 55.1 Å². The Morgan fingerprint density at radius 2 is 2.05 bits per heavy atom. The van der Waals surface area contributed by atoms with Gasteiger partial charge in [-0.05, 0) is 24.7 Å². The Bertz CT molecular complexity index is 370. The van der Waals surface area contributed by atoms with Crippen molar-refractivity contribution in [3.8, 4) is 0 Å². The van der Waals surface area contributed by atoms with Crippen molar-refractivity contribution in [2.24, 2.45) is 5.73 Å². The third-order valence-electron chi connectivity index (χ3n) is 3.14. The third-order valence-corrected chi connectivity index (χ3v) is 3.87. The first-order valence-corrected chi connectivity index (χ1v) is 8.15. The number of nitrogens with two attached hydrogens (primary N) is 1. The fourth-order valence-corrected chi connectivity index (χ4v) is 2.64. The van der Waals surface area contributed by atoms with Crippen LogP contribution >= 0.6 is 11.8 Å². The van der Waals surface area contributed by atoms with Crippen molar-refractivity contribution in [3.63, 3.8) is 0 Å². The lowest BCUT2D eigenvalue weighted by atomic mass is 10.0. The van der Waals surface area contributed by atoms with Crippen LogP contribution in [0.3, 0.4) is 0 Å². The highest BCUT2D eigenvalue weighted by Crippen LogP contribution is 2.15. The van der Waals surface area contributed by atoms with E-state index in [9.17, 15) is 4.79 Å². The molecule has 0 aliphatic heterocycles. The van der Waals surface area contributed by atoms with Crippen LogP contribution < -0.4 is 11.1 Å². The summed E-state index contributed by atoms with van der Waals surface area (Å²) < 4.78 is 0. The predicted molar refractivity (Wildman–Crippen MR) is 83.2 cm³/mol. The third kappa shape index (κ3) is 6.12. The van der Waals surface area contributed by atoms with Crippen molar-refractivity contribution < 1.29 is 4.79 Å². The minimum absolute atomic E-state index is 0.0624. The van der Waals surface area contributed by atoms with E-state index in [2.05, 4.69) is 18.5 Å². The average Bonchev–Trinajstić information content (AvgIpc) is 2.45. The van der Waals surface area contributed by atoms with Crippen LogP contribution in [0.2, 0.25) is 0 Å². The van der Waals surface area contributed by atoms with Crippen molar-refractivity contribution >= 4 is 17.7 Å². The number of hydrogen-bond acceptors (Lipinski definition) is 3. The highest BCUT2D eigenvalue weighted by atomic mass is 32.2. The predicted octanol–water partition coefficient (Wildman–Crippen LogP) is 2.72. The first kappa shape index (κ1) is 16.1. The molecule has 2 unspecified atom stereocenters. The summed E-state index contributed by atoms with van der Waals surface area (Å²) in [4.78, 5) is 11.8. The van der Waals surface area contributed by atoms with Crippen LogP contribution in [0.5, 0.6) is 0 Å². The second kappa shape index (κ2) is 8.99. The maximum atomic E-state index is 11.8. The second-order valence-electron chi connectivity index (χ2n) is 4.68. The lowest BCUT2D eigenvalue weighted by Gasteiger charge is -2.17. The van der Waals surface area contributed by atoms with Crippen LogP contribution in [-0.4, -0.2) is 24.0 Å². The number of carbonyl (C=O) groups excluding carboxylic acids is 1. The van der Waals surface area contributed by atoms with E-state index in [0.717, 1.165) is 17.7 Å². The van der Waals surface area contributed by atoms with Gasteiger partial charge in [-0.2, -0.15) is 11.8 Å². The molecule has 0 aliphatic rings. The van der Waals surface area contributed by atoms with Gasteiger partial charge in [0.05, 0.1) is 0 Å². The Morgan fingerprint density at radius 1 is 1.37 bits per heavy atom. The van der Waals surface area contributed by atoms with E-state index in [1.54, 1.807) is 11.8 Å². The molecule has 3 N–H and O–H groups in total. The lowest BCUT2D eigenvalue weighted by Crippen LogP contribution is -2.36. The Labute approximate surface area is 120 Å². The molecule has 1 aromatic rings. The van der Waals surface area contributed by atoms with Crippen molar-refractivity contribution in [1.29, 1.82) is 0 Å². The summed E-state index contributed by atoms with van der Waals surface area (Å²) in [6.07, 6.45) is 4.20. The van der Waals surface area contributed by atoms with Gasteiger partial charge in [-0.25, -0.2) is 0 Å². The van der Waals surface area contributed by atoms with Gasteiger partial charge >= 0.3 is 0 Å². The second-order valence-corrected chi connectivity index (χ2v) is 5.59. The van der Waals surface area contributed by atoms with Gasteiger partial charge in [0.1, 0.15) is 0 Å². The summed E-state index contributed by atoms with van der Waals surface area (Å²) >= 11 is 1.76. The molecule has 19 heavy (non-hydrogen) atoms. The highest BCUT2D eigenvalue weighted by molar-refractivity contribution is 7.98. The van der Waals surface area contributed by atoms with Gasteiger partial charge in [0.2, 0.25) is 5.91 Å². The molecule has 1 aromatic carbocycles. The van der Waals surface area contributed by atoms with E-state index in [-0.39, 0.29) is 18.0 Å². The summed E-state index contributed by atoms with van der Waals surface area (Å²) in [6, 6.07) is 10.1. The minimum atomic E-state index is -0.0624. The molecule has 0 aromatic heterocycles. The zero-order valence-electron chi connectivity index (χ0n) is 11.8. The molecule has 2 atom stereocenters. The van der Waals surface area contributed by atoms with E-state index in [4.69, 9.17) is 5.73 Å². The average molecular weight is 280 g/mol. The molecule has 0 fully saturated rings. The molecule has 0 saturated carbocycles. The van der Waals surface area contributed by atoms with E-state index >= 15 is 0 Å². The maximum Gasteiger partial charge on any atom is 0.220 e. The molecule has 1 rings (SSSR count). The molecule has 0 saturated heterocycles. The summed E-state index contributed by atoms with van der Waals surface area (Å²) in [5.74, 6) is 1.07. The molecule has 0 heterocycles. The monoisotopic (exact) mass is 280 g/mol. The van der Waals surface area contributed by atoms with Gasteiger partial charge in [-0.15, -0.1) is 0 Å². The Hall–Kier alpha value is -1.00. The smallest absolute Gasteiger partial charge is 0.220 e. The zero-order chi connectivity index (χ0) is 14.1. The number of benzene rings is 1. The summed E-state index contributed by atoms with van der Waals surface area (Å²) in [7, 11) is 0. The van der Waals surface area contributed by atoms with Crippen LogP contribution in [0.25, 0.3) is 0 Å². The standard InChI is InChI=1S/C15H24N2OS/c1-3-13(11-19-2)17-15(18)10-9-14(16)12-7-5-4-6-8-12/h4-8,13-14H,3,9-11,16H2,1-2H3,(H,17,18). The molecule has 0 radical (unpaired) electrons. The molecule has 1 amide bonds. The maximum absolute atomic E-state index is 11.8. The highest BCUT2D eigenvalue weighted by Gasteiger charge is 2.12. The van der Waals surface area contributed by atoms with Crippen molar-refractivity contribution in [2.75, 3.05) is 12.0 Å². The van der Waals surface area contributed by atoms with Gasteiger partial charge < -0.3 is 11.1 Å². The number of thioether (sulfide) groups is 1. The zero-order valence-corrected chi connectivity index (χ0v) is 12.6. The minimum Gasteiger partial charge on any atom is -0.353 e. The van der Waals surface area contributed by atoms with E-state index in [1.807, 2.05) is 30.3 Å². The molecule has 0 aliphatic carbocycles. The van der Waals surface area contributed by atoms with Crippen molar-refractivity contribution in [1.82, 2.24) is 5.32 Å². The molecule has 106 valence electrons. The van der Waals surface area contributed by atoms with E-state index in [1.165, 1.54) is 0 Å². The number of carbonyl (C=O) groups is 1. The molecule has 4 heteroatoms. The first-order chi connectivity index (χ1) is 9.17.